The first-order valence-electron chi connectivity index (χ1n) is 7.27. The molecule has 0 aliphatic heterocycles. The fourth-order valence-electron chi connectivity index (χ4n) is 2.43. The van der Waals surface area contributed by atoms with Gasteiger partial charge in [0.05, 0.1) is 18.2 Å². The second-order valence-electron chi connectivity index (χ2n) is 5.37. The molecule has 2 heterocycles. The van der Waals surface area contributed by atoms with Crippen molar-refractivity contribution in [2.75, 3.05) is 7.05 Å². The molecular weight excluding hydrogens is 329 g/mol. The molecule has 0 aliphatic rings. The average molecular weight is 343 g/mol. The molecule has 8 nitrogen and oxygen atoms in total. The van der Waals surface area contributed by atoms with Crippen molar-refractivity contribution in [1.82, 2.24) is 25.1 Å². The lowest BCUT2D eigenvalue weighted by Gasteiger charge is -2.16. The van der Waals surface area contributed by atoms with E-state index in [1.165, 1.54) is 24.1 Å². The molecule has 128 valence electrons. The zero-order chi connectivity index (χ0) is 18.0. The van der Waals surface area contributed by atoms with Gasteiger partial charge in [-0.05, 0) is 24.3 Å². The number of aromatic amines is 2. The topological polar surface area (TPSA) is 115 Å². The third-order valence-electron chi connectivity index (χ3n) is 3.66. The highest BCUT2D eigenvalue weighted by Gasteiger charge is 2.23. The molecule has 0 bridgehead atoms. The summed E-state index contributed by atoms with van der Waals surface area (Å²) in [7, 11) is 1.53. The van der Waals surface area contributed by atoms with E-state index in [0.717, 1.165) is 11.9 Å². The Kier molecular flexibility index (Phi) is 4.29. The van der Waals surface area contributed by atoms with Crippen LogP contribution in [0.25, 0.3) is 11.3 Å². The summed E-state index contributed by atoms with van der Waals surface area (Å²) in [5.41, 5.74) is 1.65. The largest absolute Gasteiger partial charge is 0.477 e. The average Bonchev–Trinajstić information content (AvgIpc) is 3.24. The molecule has 2 aromatic heterocycles. The Labute approximate surface area is 141 Å². The number of nitrogens with zero attached hydrogens (tertiary/aromatic N) is 3. The van der Waals surface area contributed by atoms with Crippen LogP contribution in [0.1, 0.15) is 26.5 Å². The molecule has 25 heavy (non-hydrogen) atoms. The summed E-state index contributed by atoms with van der Waals surface area (Å²) in [6.07, 6.45) is 2.72. The maximum Gasteiger partial charge on any atom is 0.354 e. The molecule has 0 saturated carbocycles. The van der Waals surface area contributed by atoms with Gasteiger partial charge in [0.2, 0.25) is 0 Å². The molecule has 0 fully saturated rings. The summed E-state index contributed by atoms with van der Waals surface area (Å²) in [5, 5.41) is 15.9. The van der Waals surface area contributed by atoms with Gasteiger partial charge in [0.1, 0.15) is 5.82 Å². The molecule has 3 aromatic rings. The highest BCUT2D eigenvalue weighted by Crippen LogP contribution is 2.22. The highest BCUT2D eigenvalue weighted by atomic mass is 19.1. The Bertz CT molecular complexity index is 916. The molecule has 0 atom stereocenters. The number of hydrogen-bond donors (Lipinski definition) is 3. The Morgan fingerprint density at radius 3 is 2.68 bits per heavy atom. The number of nitrogens with one attached hydrogen (secondary N) is 2. The van der Waals surface area contributed by atoms with Crippen molar-refractivity contribution in [1.29, 1.82) is 0 Å². The van der Waals surface area contributed by atoms with Gasteiger partial charge < -0.3 is 15.0 Å². The second-order valence-corrected chi connectivity index (χ2v) is 5.37. The van der Waals surface area contributed by atoms with E-state index in [1.807, 2.05) is 0 Å². The minimum Gasteiger partial charge on any atom is -0.477 e. The van der Waals surface area contributed by atoms with Gasteiger partial charge in [0.15, 0.2) is 11.4 Å². The molecule has 0 unspecified atom stereocenters. The van der Waals surface area contributed by atoms with Crippen molar-refractivity contribution >= 4 is 11.9 Å². The maximum atomic E-state index is 13.1. The van der Waals surface area contributed by atoms with E-state index in [2.05, 4.69) is 20.2 Å². The van der Waals surface area contributed by atoms with Crippen LogP contribution in [0.3, 0.4) is 0 Å². The minimum atomic E-state index is -1.26. The zero-order valence-corrected chi connectivity index (χ0v) is 13.2. The number of carboxylic acid groups (broad SMARTS) is 1. The third kappa shape index (κ3) is 3.25. The summed E-state index contributed by atoms with van der Waals surface area (Å²) in [5.74, 6) is -2.15. The monoisotopic (exact) mass is 343 g/mol. The van der Waals surface area contributed by atoms with E-state index in [-0.39, 0.29) is 23.7 Å². The van der Waals surface area contributed by atoms with Crippen LogP contribution in [-0.2, 0) is 6.54 Å². The van der Waals surface area contributed by atoms with Crippen LogP contribution in [-0.4, -0.2) is 49.1 Å². The molecule has 0 spiro atoms. The van der Waals surface area contributed by atoms with Crippen molar-refractivity contribution < 1.29 is 19.1 Å². The van der Waals surface area contributed by atoms with E-state index in [1.54, 1.807) is 18.3 Å². The molecular formula is C16H14FN5O3. The first-order valence-corrected chi connectivity index (χ1v) is 7.27. The summed E-state index contributed by atoms with van der Waals surface area (Å²) >= 11 is 0. The van der Waals surface area contributed by atoms with Gasteiger partial charge in [-0.15, -0.1) is 0 Å². The predicted octanol–water partition coefficient (Wildman–Crippen LogP) is 1.91. The van der Waals surface area contributed by atoms with Crippen LogP contribution in [0.5, 0.6) is 0 Å². The zero-order valence-electron chi connectivity index (χ0n) is 13.2. The summed E-state index contributed by atoms with van der Waals surface area (Å²) in [6.45, 7) is 0.175. The van der Waals surface area contributed by atoms with E-state index in [4.69, 9.17) is 5.11 Å². The van der Waals surface area contributed by atoms with E-state index in [0.29, 0.717) is 11.3 Å². The normalized spacial score (nSPS) is 10.6. The van der Waals surface area contributed by atoms with Gasteiger partial charge in [0.25, 0.3) is 5.91 Å². The number of halogens is 1. The van der Waals surface area contributed by atoms with E-state index < -0.39 is 11.9 Å². The third-order valence-corrected chi connectivity index (χ3v) is 3.66. The molecule has 0 saturated heterocycles. The summed E-state index contributed by atoms with van der Waals surface area (Å²) in [6, 6.07) is 5.87. The predicted molar refractivity (Wildman–Crippen MR) is 85.3 cm³/mol. The second kappa shape index (κ2) is 6.56. The summed E-state index contributed by atoms with van der Waals surface area (Å²) < 4.78 is 13.1. The van der Waals surface area contributed by atoms with Gasteiger partial charge in [0, 0.05) is 24.7 Å². The van der Waals surface area contributed by atoms with Gasteiger partial charge in [-0.25, -0.2) is 14.2 Å². The van der Waals surface area contributed by atoms with Crippen LogP contribution >= 0.6 is 0 Å². The number of imidazole rings is 1. The van der Waals surface area contributed by atoms with Crippen LogP contribution in [0.4, 0.5) is 4.39 Å². The number of rotatable bonds is 5. The molecule has 1 amide bonds. The van der Waals surface area contributed by atoms with Gasteiger partial charge in [-0.2, -0.15) is 5.10 Å². The Morgan fingerprint density at radius 1 is 1.28 bits per heavy atom. The van der Waals surface area contributed by atoms with Crippen LogP contribution in [0, 0.1) is 5.82 Å². The lowest BCUT2D eigenvalue weighted by Crippen LogP contribution is -2.28. The quantitative estimate of drug-likeness (QED) is 0.654. The smallest absolute Gasteiger partial charge is 0.354 e. The van der Waals surface area contributed by atoms with Gasteiger partial charge >= 0.3 is 5.97 Å². The molecule has 3 rings (SSSR count). The minimum absolute atomic E-state index is 0.165. The van der Waals surface area contributed by atoms with E-state index in [9.17, 15) is 14.0 Å². The first kappa shape index (κ1) is 16.4. The fraction of sp³-hybridized carbons (Fsp3) is 0.125. The number of carboxylic acids is 1. The van der Waals surface area contributed by atoms with Crippen molar-refractivity contribution in [3.63, 3.8) is 0 Å². The van der Waals surface area contributed by atoms with Crippen LogP contribution in [0.15, 0.2) is 36.8 Å². The molecule has 9 heteroatoms. The number of H-pyrrole nitrogens is 2. The number of carbonyl (C=O) groups is 2. The lowest BCUT2D eigenvalue weighted by atomic mass is 10.1. The molecule has 0 radical (unpaired) electrons. The number of aromatic nitrogens is 4. The molecule has 0 aliphatic carbocycles. The highest BCUT2D eigenvalue weighted by molar-refractivity contribution is 6.02. The van der Waals surface area contributed by atoms with Gasteiger partial charge in [-0.3, -0.25) is 9.89 Å². The lowest BCUT2D eigenvalue weighted by molar-refractivity contribution is 0.0674. The van der Waals surface area contributed by atoms with Crippen molar-refractivity contribution in [2.24, 2.45) is 0 Å². The molecule has 3 N–H and O–H groups in total. The van der Waals surface area contributed by atoms with Gasteiger partial charge in [-0.1, -0.05) is 0 Å². The number of carbonyl (C=O) groups excluding carboxylic acids is 1. The van der Waals surface area contributed by atoms with Crippen molar-refractivity contribution in [3.05, 3.63) is 59.6 Å². The number of benzene rings is 1. The Morgan fingerprint density at radius 2 is 2.00 bits per heavy atom. The SMILES string of the molecule is CN(Cc1cn[nH]c1-c1ccc(F)cc1)C(=O)c1nc[nH]c1C(=O)O. The number of aromatic carboxylic acids is 1. The van der Waals surface area contributed by atoms with Crippen LogP contribution in [0.2, 0.25) is 0 Å². The number of amides is 1. The first-order chi connectivity index (χ1) is 12.0. The van der Waals surface area contributed by atoms with E-state index >= 15 is 0 Å². The maximum absolute atomic E-state index is 13.1. The number of hydrogen-bond acceptors (Lipinski definition) is 4. The summed E-state index contributed by atoms with van der Waals surface area (Å²) in [4.78, 5) is 31.1. The van der Waals surface area contributed by atoms with Crippen molar-refractivity contribution in [2.45, 2.75) is 6.54 Å². The van der Waals surface area contributed by atoms with Crippen molar-refractivity contribution in [3.8, 4) is 11.3 Å². The van der Waals surface area contributed by atoms with Crippen LogP contribution < -0.4 is 0 Å². The Hall–Kier alpha value is -3.49. The standard InChI is InChI=1S/C16H14FN5O3/c1-22(15(23)13-14(16(24)25)19-8-18-13)7-10-6-20-21-12(10)9-2-4-11(17)5-3-9/h2-6,8H,7H2,1H3,(H,18,19)(H,20,21)(H,24,25). The fourth-order valence-corrected chi connectivity index (χ4v) is 2.43. The Balaban J connectivity index is 1.82. The molecule has 1 aromatic carbocycles.